The molecule has 2 aromatic heterocycles. The number of pyridine rings is 1. The van der Waals surface area contributed by atoms with Crippen molar-refractivity contribution in [2.45, 2.75) is 13.5 Å². The van der Waals surface area contributed by atoms with Crippen LogP contribution in [0, 0.1) is 6.92 Å². The average molecular weight is 299 g/mol. The van der Waals surface area contributed by atoms with Crippen LogP contribution in [0.15, 0.2) is 35.8 Å². The summed E-state index contributed by atoms with van der Waals surface area (Å²) < 4.78 is 0. The number of aryl methyl sites for hydroxylation is 1. The van der Waals surface area contributed by atoms with Crippen LogP contribution in [0.1, 0.15) is 21.1 Å². The second kappa shape index (κ2) is 5.49. The third-order valence-electron chi connectivity index (χ3n) is 3.22. The van der Waals surface area contributed by atoms with E-state index in [0.717, 1.165) is 21.3 Å². The minimum absolute atomic E-state index is 0.0391. The molecule has 0 amide bonds. The third kappa shape index (κ3) is 2.71. The lowest BCUT2D eigenvalue weighted by Gasteiger charge is -2.09. The topological polar surface area (TPSA) is 75.1 Å². The Labute approximate surface area is 125 Å². The number of carboxylic acids is 1. The number of nitrogens with zero attached hydrogens (tertiary/aromatic N) is 2. The molecular weight excluding hydrogens is 286 g/mol. The third-order valence-corrected chi connectivity index (χ3v) is 4.16. The van der Waals surface area contributed by atoms with Crippen molar-refractivity contribution in [1.29, 1.82) is 0 Å². The number of benzene rings is 1. The molecule has 0 atom stereocenters. The Morgan fingerprint density at radius 3 is 2.90 bits per heavy atom. The van der Waals surface area contributed by atoms with Gasteiger partial charge < -0.3 is 10.4 Å². The van der Waals surface area contributed by atoms with Gasteiger partial charge in [-0.1, -0.05) is 24.3 Å². The fraction of sp³-hybridized carbons (Fsp3) is 0.133. The Hall–Kier alpha value is -2.47. The zero-order valence-electron chi connectivity index (χ0n) is 11.3. The maximum atomic E-state index is 11.2. The summed E-state index contributed by atoms with van der Waals surface area (Å²) in [5, 5.41) is 14.2. The highest BCUT2D eigenvalue weighted by Crippen LogP contribution is 2.24. The molecular formula is C15H13N3O2S. The maximum Gasteiger partial charge on any atom is 0.354 e. The number of carbonyl (C=O) groups is 1. The van der Waals surface area contributed by atoms with E-state index >= 15 is 0 Å². The first-order chi connectivity index (χ1) is 10.1. The summed E-state index contributed by atoms with van der Waals surface area (Å²) in [7, 11) is 0. The number of thiazole rings is 1. The Kier molecular flexibility index (Phi) is 3.53. The number of aromatic carboxylic acids is 1. The maximum absolute atomic E-state index is 11.2. The average Bonchev–Trinajstić information content (AvgIpc) is 2.89. The van der Waals surface area contributed by atoms with Crippen LogP contribution in [0.5, 0.6) is 0 Å². The standard InChI is InChI=1S/C15H13N3O2S/c1-9-13(21-8-17-9)7-16-14-11-5-3-2-4-10(11)6-12(18-14)15(19)20/h2-6,8H,7H2,1H3,(H,16,18)(H,19,20). The van der Waals surface area contributed by atoms with Crippen LogP contribution in [0.3, 0.4) is 0 Å². The Bertz CT molecular complexity index is 814. The number of nitrogens with one attached hydrogen (secondary N) is 1. The minimum atomic E-state index is -1.03. The molecule has 2 N–H and O–H groups in total. The van der Waals surface area contributed by atoms with Gasteiger partial charge in [-0.3, -0.25) is 0 Å². The molecule has 0 aliphatic heterocycles. The van der Waals surface area contributed by atoms with Gasteiger partial charge in [0.2, 0.25) is 0 Å². The molecule has 0 spiro atoms. The lowest BCUT2D eigenvalue weighted by molar-refractivity contribution is 0.0691. The highest BCUT2D eigenvalue weighted by atomic mass is 32.1. The van der Waals surface area contributed by atoms with Crippen LogP contribution in [0.4, 0.5) is 5.82 Å². The molecule has 1 aromatic carbocycles. The van der Waals surface area contributed by atoms with Crippen LogP contribution in [0.25, 0.3) is 10.8 Å². The quantitative estimate of drug-likeness (QED) is 0.773. The van der Waals surface area contributed by atoms with E-state index in [4.69, 9.17) is 5.11 Å². The zero-order valence-corrected chi connectivity index (χ0v) is 12.1. The van der Waals surface area contributed by atoms with Crippen molar-refractivity contribution >= 4 is 33.9 Å². The predicted molar refractivity (Wildman–Crippen MR) is 82.9 cm³/mol. The summed E-state index contributed by atoms with van der Waals surface area (Å²) in [6.07, 6.45) is 0. The van der Waals surface area contributed by atoms with Gasteiger partial charge in [-0.05, 0) is 18.4 Å². The number of aromatic nitrogens is 2. The molecule has 0 saturated carbocycles. The van der Waals surface area contributed by atoms with E-state index in [2.05, 4.69) is 15.3 Å². The molecule has 21 heavy (non-hydrogen) atoms. The molecule has 0 unspecified atom stereocenters. The van der Waals surface area contributed by atoms with E-state index in [1.54, 1.807) is 22.9 Å². The van der Waals surface area contributed by atoms with Gasteiger partial charge in [0, 0.05) is 10.3 Å². The first-order valence-corrected chi connectivity index (χ1v) is 7.29. The largest absolute Gasteiger partial charge is 0.477 e. The van der Waals surface area contributed by atoms with Crippen molar-refractivity contribution < 1.29 is 9.90 Å². The molecule has 0 aliphatic carbocycles. The van der Waals surface area contributed by atoms with Gasteiger partial charge in [-0.2, -0.15) is 0 Å². The Morgan fingerprint density at radius 1 is 1.38 bits per heavy atom. The predicted octanol–water partition coefficient (Wildman–Crippen LogP) is 3.31. The van der Waals surface area contributed by atoms with E-state index in [9.17, 15) is 4.79 Å². The minimum Gasteiger partial charge on any atom is -0.477 e. The summed E-state index contributed by atoms with van der Waals surface area (Å²) in [4.78, 5) is 20.7. The van der Waals surface area contributed by atoms with E-state index in [1.165, 1.54) is 0 Å². The van der Waals surface area contributed by atoms with E-state index in [0.29, 0.717) is 12.4 Å². The van der Waals surface area contributed by atoms with Crippen LogP contribution >= 0.6 is 11.3 Å². The molecule has 0 saturated heterocycles. The highest BCUT2D eigenvalue weighted by Gasteiger charge is 2.11. The van der Waals surface area contributed by atoms with Gasteiger partial charge in [0.25, 0.3) is 0 Å². The van der Waals surface area contributed by atoms with Crippen LogP contribution in [-0.4, -0.2) is 21.0 Å². The zero-order chi connectivity index (χ0) is 14.8. The summed E-state index contributed by atoms with van der Waals surface area (Å²) in [6.45, 7) is 2.53. The molecule has 3 aromatic rings. The highest BCUT2D eigenvalue weighted by molar-refractivity contribution is 7.09. The fourth-order valence-corrected chi connectivity index (χ4v) is 2.82. The summed E-state index contributed by atoms with van der Waals surface area (Å²) >= 11 is 1.57. The van der Waals surface area contributed by atoms with Gasteiger partial charge in [-0.15, -0.1) is 11.3 Å². The molecule has 3 rings (SSSR count). The Balaban J connectivity index is 1.99. The molecule has 5 nitrogen and oxygen atoms in total. The summed E-state index contributed by atoms with van der Waals surface area (Å²) in [6, 6.07) is 9.18. The van der Waals surface area contributed by atoms with Crippen LogP contribution in [0.2, 0.25) is 0 Å². The molecule has 0 fully saturated rings. The molecule has 6 heteroatoms. The van der Waals surface area contributed by atoms with E-state index in [1.807, 2.05) is 31.2 Å². The van der Waals surface area contributed by atoms with E-state index in [-0.39, 0.29) is 5.69 Å². The van der Waals surface area contributed by atoms with Crippen molar-refractivity contribution in [3.8, 4) is 0 Å². The first kappa shape index (κ1) is 13.5. The van der Waals surface area contributed by atoms with Gasteiger partial charge in [0.15, 0.2) is 5.69 Å². The second-order valence-electron chi connectivity index (χ2n) is 4.60. The number of fused-ring (bicyclic) bond motifs is 1. The van der Waals surface area contributed by atoms with Crippen LogP contribution in [-0.2, 0) is 6.54 Å². The van der Waals surface area contributed by atoms with Crippen molar-refractivity contribution in [2.75, 3.05) is 5.32 Å². The number of hydrogen-bond donors (Lipinski definition) is 2. The summed E-state index contributed by atoms with van der Waals surface area (Å²) in [5.74, 6) is -0.448. The number of anilines is 1. The molecule has 0 radical (unpaired) electrons. The van der Waals surface area contributed by atoms with E-state index < -0.39 is 5.97 Å². The lowest BCUT2D eigenvalue weighted by Crippen LogP contribution is -2.06. The molecule has 0 aliphatic rings. The van der Waals surface area contributed by atoms with Gasteiger partial charge in [-0.25, -0.2) is 14.8 Å². The number of carboxylic acid groups (broad SMARTS) is 1. The van der Waals surface area contributed by atoms with Gasteiger partial charge >= 0.3 is 5.97 Å². The Morgan fingerprint density at radius 2 is 2.19 bits per heavy atom. The van der Waals surface area contributed by atoms with Crippen LogP contribution < -0.4 is 5.32 Å². The van der Waals surface area contributed by atoms with Crippen molar-refractivity contribution in [3.05, 3.63) is 52.1 Å². The normalized spacial score (nSPS) is 10.7. The second-order valence-corrected chi connectivity index (χ2v) is 5.54. The number of hydrogen-bond acceptors (Lipinski definition) is 5. The smallest absolute Gasteiger partial charge is 0.354 e. The molecule has 0 bridgehead atoms. The molecule has 106 valence electrons. The monoisotopic (exact) mass is 299 g/mol. The van der Waals surface area contributed by atoms with Crippen molar-refractivity contribution in [1.82, 2.24) is 9.97 Å². The molecule has 2 heterocycles. The van der Waals surface area contributed by atoms with Crippen molar-refractivity contribution in [2.24, 2.45) is 0 Å². The van der Waals surface area contributed by atoms with Gasteiger partial charge in [0.1, 0.15) is 5.82 Å². The first-order valence-electron chi connectivity index (χ1n) is 6.41. The SMILES string of the molecule is Cc1ncsc1CNc1nc(C(=O)O)cc2ccccc12. The fourth-order valence-electron chi connectivity index (χ4n) is 2.10. The van der Waals surface area contributed by atoms with Gasteiger partial charge in [0.05, 0.1) is 17.7 Å². The number of rotatable bonds is 4. The van der Waals surface area contributed by atoms with Crippen molar-refractivity contribution in [3.63, 3.8) is 0 Å². The summed E-state index contributed by atoms with van der Waals surface area (Å²) in [5.41, 5.74) is 2.81. The lowest BCUT2D eigenvalue weighted by atomic mass is 10.1.